The zero-order valence-electron chi connectivity index (χ0n) is 9.56. The van der Waals surface area contributed by atoms with E-state index >= 15 is 0 Å². The SMILES string of the molecule is CCOC(=O)c1cn(-c2ccc(F)c(F)c2)cn1. The highest BCUT2D eigenvalue weighted by molar-refractivity contribution is 5.87. The van der Waals surface area contributed by atoms with E-state index in [0.29, 0.717) is 5.69 Å². The van der Waals surface area contributed by atoms with Gasteiger partial charge in [-0.05, 0) is 19.1 Å². The summed E-state index contributed by atoms with van der Waals surface area (Å²) in [4.78, 5) is 15.2. The Labute approximate surface area is 102 Å². The van der Waals surface area contributed by atoms with Crippen molar-refractivity contribution in [1.29, 1.82) is 0 Å². The average molecular weight is 252 g/mol. The van der Waals surface area contributed by atoms with Gasteiger partial charge in [0.2, 0.25) is 0 Å². The van der Waals surface area contributed by atoms with E-state index in [1.165, 1.54) is 23.2 Å². The average Bonchev–Trinajstić information content (AvgIpc) is 2.82. The molecule has 4 nitrogen and oxygen atoms in total. The molecule has 2 aromatic rings. The molecule has 6 heteroatoms. The number of carbonyl (C=O) groups is 1. The van der Waals surface area contributed by atoms with Crippen LogP contribution >= 0.6 is 0 Å². The van der Waals surface area contributed by atoms with Gasteiger partial charge in [0, 0.05) is 18.0 Å². The molecule has 0 atom stereocenters. The summed E-state index contributed by atoms with van der Waals surface area (Å²) in [5.41, 5.74) is 0.485. The number of rotatable bonds is 3. The lowest BCUT2D eigenvalue weighted by atomic mass is 10.3. The van der Waals surface area contributed by atoms with Crippen LogP contribution in [0.2, 0.25) is 0 Å². The fourth-order valence-electron chi connectivity index (χ4n) is 1.42. The van der Waals surface area contributed by atoms with Gasteiger partial charge in [0.15, 0.2) is 17.3 Å². The number of halogens is 2. The van der Waals surface area contributed by atoms with E-state index in [0.717, 1.165) is 12.1 Å². The normalized spacial score (nSPS) is 10.4. The maximum absolute atomic E-state index is 13.1. The fourth-order valence-corrected chi connectivity index (χ4v) is 1.42. The number of aromatic nitrogens is 2. The summed E-state index contributed by atoms with van der Waals surface area (Å²) in [6.45, 7) is 1.93. The van der Waals surface area contributed by atoms with Crippen LogP contribution in [0.4, 0.5) is 8.78 Å². The topological polar surface area (TPSA) is 44.1 Å². The van der Waals surface area contributed by atoms with Crippen molar-refractivity contribution in [3.8, 4) is 5.69 Å². The monoisotopic (exact) mass is 252 g/mol. The molecule has 18 heavy (non-hydrogen) atoms. The maximum Gasteiger partial charge on any atom is 0.358 e. The molecule has 0 N–H and O–H groups in total. The van der Waals surface area contributed by atoms with Crippen molar-refractivity contribution >= 4 is 5.97 Å². The second-order valence-corrected chi connectivity index (χ2v) is 3.49. The van der Waals surface area contributed by atoms with Crippen molar-refractivity contribution < 1.29 is 18.3 Å². The molecule has 0 unspecified atom stereocenters. The minimum absolute atomic E-state index is 0.113. The Hall–Kier alpha value is -2.24. The summed E-state index contributed by atoms with van der Waals surface area (Å²) in [6, 6.07) is 3.41. The molecule has 0 spiro atoms. The van der Waals surface area contributed by atoms with Gasteiger partial charge in [0.25, 0.3) is 0 Å². The standard InChI is InChI=1S/C12H10F2N2O2/c1-2-18-12(17)11-6-16(7-15-11)8-3-4-9(13)10(14)5-8/h3-7H,2H2,1H3. The summed E-state index contributed by atoms with van der Waals surface area (Å²) in [7, 11) is 0. The molecular weight excluding hydrogens is 242 g/mol. The maximum atomic E-state index is 13.1. The third kappa shape index (κ3) is 2.37. The minimum Gasteiger partial charge on any atom is -0.461 e. The van der Waals surface area contributed by atoms with E-state index in [2.05, 4.69) is 4.98 Å². The van der Waals surface area contributed by atoms with E-state index in [1.54, 1.807) is 6.92 Å². The van der Waals surface area contributed by atoms with Crippen LogP contribution in [0.15, 0.2) is 30.7 Å². The van der Waals surface area contributed by atoms with E-state index in [9.17, 15) is 13.6 Å². The molecule has 1 heterocycles. The van der Waals surface area contributed by atoms with Gasteiger partial charge in [-0.1, -0.05) is 0 Å². The van der Waals surface area contributed by atoms with E-state index in [-0.39, 0.29) is 12.3 Å². The van der Waals surface area contributed by atoms with Crippen LogP contribution in [-0.4, -0.2) is 22.1 Å². The third-order valence-electron chi connectivity index (χ3n) is 2.27. The Kier molecular flexibility index (Phi) is 3.36. The first kappa shape index (κ1) is 12.2. The highest BCUT2D eigenvalue weighted by Gasteiger charge is 2.11. The summed E-state index contributed by atoms with van der Waals surface area (Å²) >= 11 is 0. The number of nitrogens with zero attached hydrogens (tertiary/aromatic N) is 2. The van der Waals surface area contributed by atoms with Gasteiger partial charge in [-0.25, -0.2) is 18.6 Å². The van der Waals surface area contributed by atoms with E-state index < -0.39 is 17.6 Å². The first-order valence-electron chi connectivity index (χ1n) is 5.28. The Bertz CT molecular complexity index is 581. The summed E-state index contributed by atoms with van der Waals surface area (Å²) in [6.07, 6.45) is 2.73. The van der Waals surface area contributed by atoms with Crippen LogP contribution in [0.1, 0.15) is 17.4 Å². The minimum atomic E-state index is -0.959. The van der Waals surface area contributed by atoms with Crippen molar-refractivity contribution in [3.63, 3.8) is 0 Å². The van der Waals surface area contributed by atoms with Gasteiger partial charge in [-0.2, -0.15) is 0 Å². The van der Waals surface area contributed by atoms with Gasteiger partial charge in [-0.15, -0.1) is 0 Å². The molecule has 1 aromatic heterocycles. The van der Waals surface area contributed by atoms with Crippen LogP contribution < -0.4 is 0 Å². The van der Waals surface area contributed by atoms with Gasteiger partial charge < -0.3 is 9.30 Å². The highest BCUT2D eigenvalue weighted by Crippen LogP contribution is 2.13. The van der Waals surface area contributed by atoms with E-state index in [4.69, 9.17) is 4.74 Å². The molecule has 0 saturated heterocycles. The zero-order valence-corrected chi connectivity index (χ0v) is 9.56. The molecule has 0 aliphatic rings. The van der Waals surface area contributed by atoms with Gasteiger partial charge >= 0.3 is 5.97 Å². The van der Waals surface area contributed by atoms with Crippen LogP contribution in [0.3, 0.4) is 0 Å². The number of hydrogen-bond acceptors (Lipinski definition) is 3. The molecule has 1 aromatic carbocycles. The first-order valence-corrected chi connectivity index (χ1v) is 5.28. The Morgan fingerprint density at radius 2 is 2.17 bits per heavy atom. The smallest absolute Gasteiger partial charge is 0.358 e. The summed E-state index contributed by atoms with van der Waals surface area (Å²) in [5.74, 6) is -2.44. The second kappa shape index (κ2) is 4.95. The van der Waals surface area contributed by atoms with Crippen molar-refractivity contribution in [2.45, 2.75) is 6.92 Å². The van der Waals surface area contributed by atoms with Crippen molar-refractivity contribution in [2.24, 2.45) is 0 Å². The summed E-state index contributed by atoms with van der Waals surface area (Å²) < 4.78 is 32.0. The predicted molar refractivity (Wildman–Crippen MR) is 59.4 cm³/mol. The molecule has 0 aliphatic heterocycles. The third-order valence-corrected chi connectivity index (χ3v) is 2.27. The van der Waals surface area contributed by atoms with Crippen LogP contribution in [-0.2, 0) is 4.74 Å². The largest absolute Gasteiger partial charge is 0.461 e. The highest BCUT2D eigenvalue weighted by atomic mass is 19.2. The number of carbonyl (C=O) groups excluding carboxylic acids is 1. The molecule has 0 fully saturated rings. The molecular formula is C12H10F2N2O2. The number of benzene rings is 1. The van der Waals surface area contributed by atoms with Gasteiger partial charge in [0.05, 0.1) is 6.61 Å². The number of ether oxygens (including phenoxy) is 1. The number of imidazole rings is 1. The van der Waals surface area contributed by atoms with Crippen molar-refractivity contribution in [3.05, 3.63) is 48.1 Å². The van der Waals surface area contributed by atoms with Crippen molar-refractivity contribution in [2.75, 3.05) is 6.61 Å². The molecule has 94 valence electrons. The van der Waals surface area contributed by atoms with E-state index in [1.807, 2.05) is 0 Å². The Morgan fingerprint density at radius 1 is 1.39 bits per heavy atom. The lowest BCUT2D eigenvalue weighted by Gasteiger charge is -2.02. The van der Waals surface area contributed by atoms with Crippen LogP contribution in [0, 0.1) is 11.6 Å². The molecule has 0 bridgehead atoms. The lowest BCUT2D eigenvalue weighted by Crippen LogP contribution is -2.04. The lowest BCUT2D eigenvalue weighted by molar-refractivity contribution is 0.0520. The molecule has 0 saturated carbocycles. The second-order valence-electron chi connectivity index (χ2n) is 3.49. The fraction of sp³-hybridized carbons (Fsp3) is 0.167. The number of esters is 1. The van der Waals surface area contributed by atoms with Crippen molar-refractivity contribution in [1.82, 2.24) is 9.55 Å². The van der Waals surface area contributed by atoms with Gasteiger partial charge in [0.1, 0.15) is 6.33 Å². The quantitative estimate of drug-likeness (QED) is 0.787. The molecule has 2 rings (SSSR count). The molecule has 0 radical (unpaired) electrons. The summed E-state index contributed by atoms with van der Waals surface area (Å²) in [5, 5.41) is 0. The van der Waals surface area contributed by atoms with Gasteiger partial charge in [-0.3, -0.25) is 0 Å². The molecule has 0 aliphatic carbocycles. The van der Waals surface area contributed by atoms with Crippen LogP contribution in [0.25, 0.3) is 5.69 Å². The van der Waals surface area contributed by atoms with Crippen LogP contribution in [0.5, 0.6) is 0 Å². The number of hydrogen-bond donors (Lipinski definition) is 0. The Morgan fingerprint density at radius 3 is 2.83 bits per heavy atom. The molecule has 0 amide bonds. The first-order chi connectivity index (χ1) is 8.61. The Balaban J connectivity index is 2.29. The predicted octanol–water partition coefficient (Wildman–Crippen LogP) is 2.33. The zero-order chi connectivity index (χ0) is 13.1.